The van der Waals surface area contributed by atoms with E-state index < -0.39 is 29.9 Å². The molecule has 2 N–H and O–H groups in total. The first-order valence-electron chi connectivity index (χ1n) is 7.74. The molecule has 0 bridgehead atoms. The van der Waals surface area contributed by atoms with E-state index >= 15 is 0 Å². The summed E-state index contributed by atoms with van der Waals surface area (Å²) >= 11 is 0. The van der Waals surface area contributed by atoms with Gasteiger partial charge in [-0.3, -0.25) is 4.79 Å². The largest absolute Gasteiger partial charge is 0.465 e. The Balaban J connectivity index is 2.42. The summed E-state index contributed by atoms with van der Waals surface area (Å²) in [4.78, 5) is 36.2. The number of hydrogen-bond donors (Lipinski definition) is 2. The second kappa shape index (κ2) is 8.14. The van der Waals surface area contributed by atoms with Crippen LogP contribution in [-0.4, -0.2) is 31.2 Å². The second-order valence-corrected chi connectivity index (χ2v) is 5.07. The number of nitrogens with one attached hydrogen (secondary N) is 2. The van der Waals surface area contributed by atoms with E-state index in [4.69, 9.17) is 9.47 Å². The van der Waals surface area contributed by atoms with Crippen LogP contribution in [0.4, 0.5) is 4.79 Å². The number of esters is 2. The lowest BCUT2D eigenvalue weighted by Gasteiger charge is -2.33. The average molecular weight is 332 g/mol. The molecule has 0 radical (unpaired) electrons. The van der Waals surface area contributed by atoms with Gasteiger partial charge in [-0.05, 0) is 19.4 Å². The molecule has 7 nitrogen and oxygen atoms in total. The molecule has 0 aromatic heterocycles. The van der Waals surface area contributed by atoms with Gasteiger partial charge in [-0.2, -0.15) is 0 Å². The Bertz CT molecular complexity index is 642. The van der Waals surface area contributed by atoms with Crippen molar-refractivity contribution in [3.8, 4) is 0 Å². The molecule has 1 heterocycles. The van der Waals surface area contributed by atoms with Crippen LogP contribution in [0.1, 0.15) is 25.5 Å². The predicted octanol–water partition coefficient (Wildman–Crippen LogP) is 1.67. The fourth-order valence-electron chi connectivity index (χ4n) is 2.52. The number of amides is 2. The molecule has 1 aromatic carbocycles. The van der Waals surface area contributed by atoms with Gasteiger partial charge in [-0.25, -0.2) is 9.59 Å². The van der Waals surface area contributed by atoms with Gasteiger partial charge < -0.3 is 20.1 Å². The molecule has 1 fully saturated rings. The van der Waals surface area contributed by atoms with Crippen LogP contribution in [0.25, 0.3) is 0 Å². The number of benzene rings is 1. The van der Waals surface area contributed by atoms with E-state index in [0.29, 0.717) is 0 Å². The highest BCUT2D eigenvalue weighted by molar-refractivity contribution is 5.90. The van der Waals surface area contributed by atoms with Crippen LogP contribution in [0, 0.1) is 5.92 Å². The first kappa shape index (κ1) is 17.5. The van der Waals surface area contributed by atoms with Crippen molar-refractivity contribution in [1.29, 1.82) is 0 Å². The first-order valence-corrected chi connectivity index (χ1v) is 7.74. The number of urea groups is 1. The van der Waals surface area contributed by atoms with Gasteiger partial charge in [0.05, 0.1) is 19.3 Å². The van der Waals surface area contributed by atoms with Crippen molar-refractivity contribution < 1.29 is 23.9 Å². The van der Waals surface area contributed by atoms with Gasteiger partial charge in [0.15, 0.2) is 0 Å². The number of ether oxygens (including phenoxy) is 2. The normalized spacial score (nSPS) is 21.6. The quantitative estimate of drug-likeness (QED) is 0.632. The predicted molar refractivity (Wildman–Crippen MR) is 85.7 cm³/mol. The first-order chi connectivity index (χ1) is 11.6. The molecule has 1 aliphatic heterocycles. The van der Waals surface area contributed by atoms with Crippen LogP contribution in [0.15, 0.2) is 42.1 Å². The molecule has 24 heavy (non-hydrogen) atoms. The summed E-state index contributed by atoms with van der Waals surface area (Å²) in [7, 11) is 0. The lowest BCUT2D eigenvalue weighted by Crippen LogP contribution is -2.51. The summed E-state index contributed by atoms with van der Waals surface area (Å²) in [5, 5.41) is 5.22. The van der Waals surface area contributed by atoms with E-state index in [2.05, 4.69) is 10.6 Å². The fourth-order valence-corrected chi connectivity index (χ4v) is 2.52. The van der Waals surface area contributed by atoms with E-state index in [9.17, 15) is 14.4 Å². The molecule has 2 rings (SSSR count). The zero-order valence-electron chi connectivity index (χ0n) is 13.6. The Hall–Kier alpha value is -2.83. The van der Waals surface area contributed by atoms with E-state index in [1.54, 1.807) is 38.1 Å². The van der Waals surface area contributed by atoms with Gasteiger partial charge in [-0.1, -0.05) is 30.3 Å². The van der Waals surface area contributed by atoms with E-state index in [0.717, 1.165) is 11.6 Å². The monoisotopic (exact) mass is 332 g/mol. The standard InChI is InChI=1S/C17H20N2O5/c1-3-23-13(20)10-12-14(16(21)24-4-2)15(19-17(22)18-12)11-8-6-5-7-9-11/h5-10,14-15H,3-4H2,1-2H3,(H2,18,19,22). The molecule has 2 unspecified atom stereocenters. The topological polar surface area (TPSA) is 93.7 Å². The summed E-state index contributed by atoms with van der Waals surface area (Å²) < 4.78 is 9.99. The molecule has 1 aromatic rings. The molecular formula is C17H20N2O5. The van der Waals surface area contributed by atoms with E-state index in [1.807, 2.05) is 6.07 Å². The Kier molecular flexibility index (Phi) is 5.95. The van der Waals surface area contributed by atoms with Crippen molar-refractivity contribution in [2.75, 3.05) is 13.2 Å². The molecular weight excluding hydrogens is 312 g/mol. The summed E-state index contributed by atoms with van der Waals surface area (Å²) in [6.07, 6.45) is 1.12. The summed E-state index contributed by atoms with van der Waals surface area (Å²) in [5.74, 6) is -2.03. The Morgan fingerprint density at radius 1 is 1.12 bits per heavy atom. The molecule has 2 atom stereocenters. The molecule has 7 heteroatoms. The highest BCUT2D eigenvalue weighted by atomic mass is 16.5. The van der Waals surface area contributed by atoms with Crippen LogP contribution in [0.2, 0.25) is 0 Å². The Labute approximate surface area is 140 Å². The molecule has 0 saturated carbocycles. The summed E-state index contributed by atoms with van der Waals surface area (Å²) in [6.45, 7) is 3.75. The Morgan fingerprint density at radius 2 is 1.79 bits per heavy atom. The summed E-state index contributed by atoms with van der Waals surface area (Å²) in [6, 6.07) is 7.90. The highest BCUT2D eigenvalue weighted by Crippen LogP contribution is 2.31. The van der Waals surface area contributed by atoms with Crippen molar-refractivity contribution in [3.05, 3.63) is 47.7 Å². The lowest BCUT2D eigenvalue weighted by atomic mass is 9.88. The van der Waals surface area contributed by atoms with Crippen LogP contribution in [-0.2, 0) is 19.1 Å². The highest BCUT2D eigenvalue weighted by Gasteiger charge is 2.40. The zero-order valence-corrected chi connectivity index (χ0v) is 13.6. The zero-order chi connectivity index (χ0) is 17.5. The number of carbonyl (C=O) groups is 3. The number of rotatable bonds is 5. The van der Waals surface area contributed by atoms with Gasteiger partial charge in [0, 0.05) is 11.8 Å². The third kappa shape index (κ3) is 4.13. The maximum absolute atomic E-state index is 12.4. The minimum atomic E-state index is -0.866. The maximum atomic E-state index is 12.4. The number of hydrogen-bond acceptors (Lipinski definition) is 5. The van der Waals surface area contributed by atoms with E-state index in [-0.39, 0.29) is 18.9 Å². The van der Waals surface area contributed by atoms with Crippen molar-refractivity contribution in [2.24, 2.45) is 5.92 Å². The van der Waals surface area contributed by atoms with Crippen molar-refractivity contribution in [3.63, 3.8) is 0 Å². The smallest absolute Gasteiger partial charge is 0.332 e. The van der Waals surface area contributed by atoms with Crippen LogP contribution < -0.4 is 10.6 Å². The minimum absolute atomic E-state index is 0.157. The molecule has 2 amide bonds. The third-order valence-corrected chi connectivity index (χ3v) is 3.47. The second-order valence-electron chi connectivity index (χ2n) is 5.07. The van der Waals surface area contributed by atoms with Gasteiger partial charge in [0.1, 0.15) is 5.92 Å². The molecule has 0 aliphatic carbocycles. The van der Waals surface area contributed by atoms with Crippen molar-refractivity contribution in [2.45, 2.75) is 19.9 Å². The molecule has 1 saturated heterocycles. The fraction of sp³-hybridized carbons (Fsp3) is 0.353. The van der Waals surface area contributed by atoms with Crippen molar-refractivity contribution in [1.82, 2.24) is 10.6 Å². The van der Waals surface area contributed by atoms with Gasteiger partial charge in [0.2, 0.25) is 0 Å². The van der Waals surface area contributed by atoms with Gasteiger partial charge in [-0.15, -0.1) is 0 Å². The summed E-state index contributed by atoms with van der Waals surface area (Å²) in [5.41, 5.74) is 0.893. The lowest BCUT2D eigenvalue weighted by molar-refractivity contribution is -0.147. The van der Waals surface area contributed by atoms with Crippen LogP contribution >= 0.6 is 0 Å². The molecule has 1 aliphatic rings. The third-order valence-electron chi connectivity index (χ3n) is 3.47. The minimum Gasteiger partial charge on any atom is -0.465 e. The van der Waals surface area contributed by atoms with Crippen molar-refractivity contribution >= 4 is 18.0 Å². The molecule has 128 valence electrons. The van der Waals surface area contributed by atoms with Crippen LogP contribution in [0.3, 0.4) is 0 Å². The Morgan fingerprint density at radius 3 is 2.42 bits per heavy atom. The van der Waals surface area contributed by atoms with Crippen LogP contribution in [0.5, 0.6) is 0 Å². The number of carbonyl (C=O) groups excluding carboxylic acids is 3. The molecule has 0 spiro atoms. The van der Waals surface area contributed by atoms with Gasteiger partial charge >= 0.3 is 18.0 Å². The average Bonchev–Trinajstić information content (AvgIpc) is 2.55. The SMILES string of the molecule is CCOC(=O)C=C1NC(=O)NC(c2ccccc2)C1C(=O)OCC. The maximum Gasteiger partial charge on any atom is 0.332 e. The van der Waals surface area contributed by atoms with E-state index in [1.165, 1.54) is 0 Å². The van der Waals surface area contributed by atoms with Gasteiger partial charge in [0.25, 0.3) is 0 Å².